The Hall–Kier alpha value is -2.88. The minimum absolute atomic E-state index is 0.0699. The maximum Gasteiger partial charge on any atom is 0.243 e. The number of allylic oxidation sites excluding steroid dienone is 1. The van der Waals surface area contributed by atoms with E-state index < -0.39 is 0 Å². The number of hydrazone groups is 1. The summed E-state index contributed by atoms with van der Waals surface area (Å²) < 4.78 is 5.15. The Kier molecular flexibility index (Phi) is 5.06. The lowest BCUT2D eigenvalue weighted by atomic mass is 10.1. The zero-order chi connectivity index (χ0) is 16.8. The van der Waals surface area contributed by atoms with Crippen molar-refractivity contribution in [3.63, 3.8) is 0 Å². The molecule has 1 amide bonds. The first-order valence-corrected chi connectivity index (χ1v) is 7.98. The number of carbonyl (C=O) groups excluding carboxylic acids is 1. The van der Waals surface area contributed by atoms with E-state index in [1.54, 1.807) is 12.1 Å². The van der Waals surface area contributed by atoms with Crippen LogP contribution < -0.4 is 4.74 Å². The predicted molar refractivity (Wildman–Crippen MR) is 95.7 cm³/mol. The molecule has 4 nitrogen and oxygen atoms in total. The fraction of sp³-hybridized carbons (Fsp3) is 0.200. The number of benzene rings is 2. The van der Waals surface area contributed by atoms with Crippen LogP contribution in [-0.4, -0.2) is 23.7 Å². The van der Waals surface area contributed by atoms with Crippen LogP contribution in [0.4, 0.5) is 0 Å². The molecule has 1 heterocycles. The molecule has 0 aromatic heterocycles. The normalized spacial score (nSPS) is 14.8. The molecule has 0 N–H and O–H groups in total. The van der Waals surface area contributed by atoms with Crippen LogP contribution in [-0.2, 0) is 11.3 Å². The molecule has 0 aliphatic carbocycles. The third kappa shape index (κ3) is 4.10. The summed E-state index contributed by atoms with van der Waals surface area (Å²) in [4.78, 5) is 12.1. The van der Waals surface area contributed by atoms with Crippen LogP contribution in [0.3, 0.4) is 0 Å². The van der Waals surface area contributed by atoms with E-state index in [2.05, 4.69) is 5.10 Å². The van der Waals surface area contributed by atoms with Crippen molar-refractivity contribution in [1.82, 2.24) is 5.01 Å². The van der Waals surface area contributed by atoms with E-state index in [9.17, 15) is 4.79 Å². The van der Waals surface area contributed by atoms with Gasteiger partial charge in [0.05, 0.1) is 19.4 Å². The number of rotatable bonds is 5. The lowest BCUT2D eigenvalue weighted by Gasteiger charge is -2.22. The van der Waals surface area contributed by atoms with E-state index in [0.29, 0.717) is 19.4 Å². The van der Waals surface area contributed by atoms with Crippen LogP contribution in [0.25, 0.3) is 6.08 Å². The number of amides is 1. The van der Waals surface area contributed by atoms with Gasteiger partial charge in [-0.05, 0) is 29.3 Å². The summed E-state index contributed by atoms with van der Waals surface area (Å²) in [6, 6.07) is 17.7. The second-order valence-corrected chi connectivity index (χ2v) is 5.63. The molecule has 2 aromatic carbocycles. The van der Waals surface area contributed by atoms with Crippen LogP contribution in [0, 0.1) is 0 Å². The largest absolute Gasteiger partial charge is 0.497 e. The van der Waals surface area contributed by atoms with Crippen molar-refractivity contribution < 1.29 is 9.53 Å². The van der Waals surface area contributed by atoms with Crippen LogP contribution in [0.15, 0.2) is 65.8 Å². The molecule has 4 heteroatoms. The SMILES string of the molecule is COc1ccc(/C=C/C2=NN(Cc3ccccc3)C(=O)CC2)cc1. The van der Waals surface area contributed by atoms with Gasteiger partial charge in [0.2, 0.25) is 5.91 Å². The summed E-state index contributed by atoms with van der Waals surface area (Å²) in [5.74, 6) is 0.905. The number of methoxy groups -OCH3 is 1. The standard InChI is InChI=1S/C20H20N2O2/c1-24-19-12-8-16(9-13-19)7-10-18-11-14-20(23)22(21-18)15-17-5-3-2-4-6-17/h2-10,12-13H,11,14-15H2,1H3/b10-7+. The zero-order valence-electron chi connectivity index (χ0n) is 13.7. The highest BCUT2D eigenvalue weighted by atomic mass is 16.5. The molecule has 0 fully saturated rings. The number of hydrogen-bond acceptors (Lipinski definition) is 3. The van der Waals surface area contributed by atoms with E-state index in [0.717, 1.165) is 22.6 Å². The minimum Gasteiger partial charge on any atom is -0.497 e. The predicted octanol–water partition coefficient (Wildman–Crippen LogP) is 3.89. The highest BCUT2D eigenvalue weighted by Gasteiger charge is 2.19. The van der Waals surface area contributed by atoms with E-state index in [-0.39, 0.29) is 5.91 Å². The highest BCUT2D eigenvalue weighted by Crippen LogP contribution is 2.16. The van der Waals surface area contributed by atoms with Crippen molar-refractivity contribution in [2.24, 2.45) is 5.10 Å². The first kappa shape index (κ1) is 16.0. The summed E-state index contributed by atoms with van der Waals surface area (Å²) in [5.41, 5.74) is 3.07. The average Bonchev–Trinajstić information content (AvgIpc) is 2.63. The summed E-state index contributed by atoms with van der Waals surface area (Å²) >= 11 is 0. The van der Waals surface area contributed by atoms with Crippen molar-refractivity contribution in [1.29, 1.82) is 0 Å². The van der Waals surface area contributed by atoms with Crippen LogP contribution in [0.2, 0.25) is 0 Å². The Balaban J connectivity index is 1.71. The van der Waals surface area contributed by atoms with Gasteiger partial charge in [0.25, 0.3) is 0 Å². The quantitative estimate of drug-likeness (QED) is 0.839. The van der Waals surface area contributed by atoms with Gasteiger partial charge in [-0.1, -0.05) is 48.5 Å². The maximum atomic E-state index is 12.1. The van der Waals surface area contributed by atoms with Crippen molar-refractivity contribution >= 4 is 17.7 Å². The Bertz CT molecular complexity index is 749. The fourth-order valence-corrected chi connectivity index (χ4v) is 2.53. The van der Waals surface area contributed by atoms with E-state index in [4.69, 9.17) is 4.74 Å². The molecule has 3 rings (SSSR count). The van der Waals surface area contributed by atoms with Crippen LogP contribution >= 0.6 is 0 Å². The molecule has 0 saturated carbocycles. The van der Waals surface area contributed by atoms with Crippen LogP contribution in [0.5, 0.6) is 5.75 Å². The molecular formula is C20H20N2O2. The zero-order valence-corrected chi connectivity index (χ0v) is 13.7. The van der Waals surface area contributed by atoms with E-state index >= 15 is 0 Å². The monoisotopic (exact) mass is 320 g/mol. The van der Waals surface area contributed by atoms with E-state index in [1.165, 1.54) is 0 Å². The van der Waals surface area contributed by atoms with Gasteiger partial charge < -0.3 is 4.74 Å². The molecule has 0 spiro atoms. The van der Waals surface area contributed by atoms with Gasteiger partial charge in [-0.3, -0.25) is 4.79 Å². The Morgan fingerprint density at radius 1 is 1.04 bits per heavy atom. The Morgan fingerprint density at radius 2 is 1.79 bits per heavy atom. The van der Waals surface area contributed by atoms with Gasteiger partial charge in [0, 0.05) is 12.8 Å². The molecule has 2 aromatic rings. The highest BCUT2D eigenvalue weighted by molar-refractivity contribution is 6.02. The topological polar surface area (TPSA) is 41.9 Å². The summed E-state index contributed by atoms with van der Waals surface area (Å²) in [6.07, 6.45) is 5.16. The maximum absolute atomic E-state index is 12.1. The van der Waals surface area contributed by atoms with E-state index in [1.807, 2.05) is 66.7 Å². The molecule has 0 bridgehead atoms. The van der Waals surface area contributed by atoms with Crippen molar-refractivity contribution in [2.75, 3.05) is 7.11 Å². The Morgan fingerprint density at radius 3 is 2.50 bits per heavy atom. The lowest BCUT2D eigenvalue weighted by Crippen LogP contribution is -2.30. The number of nitrogens with zero attached hydrogens (tertiary/aromatic N) is 2. The molecule has 0 unspecified atom stereocenters. The third-order valence-electron chi connectivity index (χ3n) is 3.89. The molecule has 0 radical (unpaired) electrons. The molecule has 122 valence electrons. The third-order valence-corrected chi connectivity index (χ3v) is 3.89. The Labute approximate surface area is 142 Å². The summed E-state index contributed by atoms with van der Waals surface area (Å²) in [6.45, 7) is 0.513. The fourth-order valence-electron chi connectivity index (χ4n) is 2.53. The van der Waals surface area contributed by atoms with Gasteiger partial charge in [-0.25, -0.2) is 5.01 Å². The molecule has 1 aliphatic rings. The van der Waals surface area contributed by atoms with Gasteiger partial charge in [0.15, 0.2) is 0 Å². The molecule has 24 heavy (non-hydrogen) atoms. The summed E-state index contributed by atoms with van der Waals surface area (Å²) in [5, 5.41) is 6.06. The van der Waals surface area contributed by atoms with Gasteiger partial charge in [-0.2, -0.15) is 5.10 Å². The van der Waals surface area contributed by atoms with Crippen molar-refractivity contribution in [3.8, 4) is 5.75 Å². The molecular weight excluding hydrogens is 300 g/mol. The number of carbonyl (C=O) groups is 1. The van der Waals surface area contributed by atoms with Crippen molar-refractivity contribution in [3.05, 3.63) is 71.8 Å². The minimum atomic E-state index is 0.0699. The molecule has 1 aliphatic heterocycles. The summed E-state index contributed by atoms with van der Waals surface area (Å²) in [7, 11) is 1.65. The molecule has 0 atom stereocenters. The van der Waals surface area contributed by atoms with Gasteiger partial charge in [-0.15, -0.1) is 0 Å². The second kappa shape index (κ2) is 7.59. The number of hydrogen-bond donors (Lipinski definition) is 0. The van der Waals surface area contributed by atoms with Gasteiger partial charge in [0.1, 0.15) is 5.75 Å². The average molecular weight is 320 g/mol. The smallest absolute Gasteiger partial charge is 0.243 e. The lowest BCUT2D eigenvalue weighted by molar-refractivity contribution is -0.132. The van der Waals surface area contributed by atoms with Gasteiger partial charge >= 0.3 is 0 Å². The first-order valence-electron chi connectivity index (χ1n) is 7.98. The first-order chi connectivity index (χ1) is 11.7. The molecule has 0 saturated heterocycles. The number of ether oxygens (including phenoxy) is 1. The van der Waals surface area contributed by atoms with Crippen LogP contribution in [0.1, 0.15) is 24.0 Å². The second-order valence-electron chi connectivity index (χ2n) is 5.63. The van der Waals surface area contributed by atoms with Crippen molar-refractivity contribution in [2.45, 2.75) is 19.4 Å².